The first-order valence-corrected chi connectivity index (χ1v) is 7.07. The van der Waals surface area contributed by atoms with Gasteiger partial charge in [0.25, 0.3) is 5.91 Å². The predicted molar refractivity (Wildman–Crippen MR) is 74.5 cm³/mol. The van der Waals surface area contributed by atoms with Crippen LogP contribution in [0.5, 0.6) is 0 Å². The fraction of sp³-hybridized carbons (Fsp3) is 0.500. The molecule has 1 amide bonds. The number of ether oxygens (including phenoxy) is 1. The average molecular weight is 297 g/mol. The van der Waals surface area contributed by atoms with E-state index in [1.807, 2.05) is 0 Å². The van der Waals surface area contributed by atoms with Crippen LogP contribution in [0.15, 0.2) is 18.3 Å². The molecule has 6 heteroatoms. The third-order valence-corrected chi connectivity index (χ3v) is 3.54. The second-order valence-electron chi connectivity index (χ2n) is 4.91. The summed E-state index contributed by atoms with van der Waals surface area (Å²) in [7, 11) is 0. The van der Waals surface area contributed by atoms with Gasteiger partial charge in [0.15, 0.2) is 6.10 Å². The summed E-state index contributed by atoms with van der Waals surface area (Å²) < 4.78 is 5.11. The van der Waals surface area contributed by atoms with Crippen molar-refractivity contribution in [1.82, 2.24) is 10.3 Å². The lowest BCUT2D eigenvalue weighted by Gasteiger charge is -2.17. The number of esters is 1. The Labute approximate surface area is 122 Å². The van der Waals surface area contributed by atoms with Crippen LogP contribution in [0, 0.1) is 0 Å². The first-order valence-electron chi connectivity index (χ1n) is 6.69. The number of nitrogens with one attached hydrogen (secondary N) is 1. The number of nitrogens with zero attached hydrogens (tertiary/aromatic N) is 1. The Morgan fingerprint density at radius 3 is 2.70 bits per heavy atom. The molecule has 1 aromatic rings. The average Bonchev–Trinajstić information content (AvgIpc) is 2.92. The Kier molecular flexibility index (Phi) is 4.95. The summed E-state index contributed by atoms with van der Waals surface area (Å²) in [5.41, 5.74) is 0.273. The Morgan fingerprint density at radius 2 is 2.10 bits per heavy atom. The maximum absolute atomic E-state index is 11.9. The van der Waals surface area contributed by atoms with E-state index in [1.165, 1.54) is 18.3 Å². The number of halogens is 1. The third kappa shape index (κ3) is 3.93. The first-order chi connectivity index (χ1) is 9.56. The molecule has 0 spiro atoms. The summed E-state index contributed by atoms with van der Waals surface area (Å²) in [5.74, 6) is -0.838. The van der Waals surface area contributed by atoms with Gasteiger partial charge in [0.05, 0.1) is 5.56 Å². The number of aromatic nitrogens is 1. The van der Waals surface area contributed by atoms with E-state index in [2.05, 4.69) is 10.3 Å². The van der Waals surface area contributed by atoms with Crippen LogP contribution >= 0.6 is 11.6 Å². The van der Waals surface area contributed by atoms with E-state index in [1.54, 1.807) is 6.92 Å². The molecular weight excluding hydrogens is 280 g/mol. The van der Waals surface area contributed by atoms with Gasteiger partial charge in [0.1, 0.15) is 5.15 Å². The van der Waals surface area contributed by atoms with Gasteiger partial charge < -0.3 is 10.1 Å². The highest BCUT2D eigenvalue weighted by molar-refractivity contribution is 6.29. The van der Waals surface area contributed by atoms with Crippen LogP contribution in [0.25, 0.3) is 0 Å². The van der Waals surface area contributed by atoms with Gasteiger partial charge in [0.2, 0.25) is 0 Å². The minimum Gasteiger partial charge on any atom is -0.449 e. The van der Waals surface area contributed by atoms with Gasteiger partial charge in [-0.15, -0.1) is 0 Å². The molecule has 0 bridgehead atoms. The molecule has 1 aliphatic carbocycles. The largest absolute Gasteiger partial charge is 0.449 e. The quantitative estimate of drug-likeness (QED) is 0.684. The number of amides is 1. The number of carbonyl (C=O) groups excluding carboxylic acids is 2. The molecule has 1 atom stereocenters. The molecule has 0 saturated heterocycles. The van der Waals surface area contributed by atoms with Crippen molar-refractivity contribution in [2.24, 2.45) is 0 Å². The van der Waals surface area contributed by atoms with Crippen molar-refractivity contribution in [2.45, 2.75) is 44.8 Å². The van der Waals surface area contributed by atoms with Crippen molar-refractivity contribution in [3.8, 4) is 0 Å². The lowest BCUT2D eigenvalue weighted by atomic mass is 10.2. The van der Waals surface area contributed by atoms with Gasteiger partial charge in [-0.25, -0.2) is 9.78 Å². The summed E-state index contributed by atoms with van der Waals surface area (Å²) >= 11 is 5.64. The first kappa shape index (κ1) is 14.8. The van der Waals surface area contributed by atoms with Crippen LogP contribution in [0.4, 0.5) is 0 Å². The molecule has 0 aliphatic heterocycles. The summed E-state index contributed by atoms with van der Waals surface area (Å²) in [5, 5.41) is 3.19. The third-order valence-electron chi connectivity index (χ3n) is 3.32. The second kappa shape index (κ2) is 6.70. The standard InChI is InChI=1S/C14H17ClN2O3/c1-9(13(18)17-11-4-2-3-5-11)20-14(19)10-6-7-12(15)16-8-10/h6-9,11H,2-5H2,1H3,(H,17,18)/t9-/m0/s1. The molecule has 5 nitrogen and oxygen atoms in total. The van der Waals surface area contributed by atoms with Crippen LogP contribution in [-0.4, -0.2) is 29.0 Å². The minimum atomic E-state index is -0.821. The number of hydrogen-bond donors (Lipinski definition) is 1. The Morgan fingerprint density at radius 1 is 1.40 bits per heavy atom. The SMILES string of the molecule is C[C@H](OC(=O)c1ccc(Cl)nc1)C(=O)NC1CCCC1. The topological polar surface area (TPSA) is 68.3 Å². The summed E-state index contributed by atoms with van der Waals surface area (Å²) in [6.07, 6.45) is 4.76. The van der Waals surface area contributed by atoms with Crippen LogP contribution in [0.2, 0.25) is 5.15 Å². The summed E-state index contributed by atoms with van der Waals surface area (Å²) in [6.45, 7) is 1.56. The van der Waals surface area contributed by atoms with Gasteiger partial charge in [-0.1, -0.05) is 24.4 Å². The van der Waals surface area contributed by atoms with E-state index >= 15 is 0 Å². The Bertz CT molecular complexity index is 484. The molecule has 1 aliphatic rings. The van der Waals surface area contributed by atoms with Crippen molar-refractivity contribution in [1.29, 1.82) is 0 Å². The molecule has 1 aromatic heterocycles. The van der Waals surface area contributed by atoms with Gasteiger partial charge in [0, 0.05) is 12.2 Å². The van der Waals surface area contributed by atoms with E-state index < -0.39 is 12.1 Å². The molecule has 1 N–H and O–H groups in total. The molecule has 0 aromatic carbocycles. The molecular formula is C14H17ClN2O3. The second-order valence-corrected chi connectivity index (χ2v) is 5.29. The maximum atomic E-state index is 11.9. The normalized spacial score (nSPS) is 16.7. The molecule has 1 saturated carbocycles. The van der Waals surface area contributed by atoms with Gasteiger partial charge in [-0.2, -0.15) is 0 Å². The van der Waals surface area contributed by atoms with Crippen molar-refractivity contribution in [2.75, 3.05) is 0 Å². The zero-order valence-corrected chi connectivity index (χ0v) is 12.0. The van der Waals surface area contributed by atoms with Crippen molar-refractivity contribution >= 4 is 23.5 Å². The smallest absolute Gasteiger partial charge is 0.340 e. The highest BCUT2D eigenvalue weighted by Gasteiger charge is 2.23. The molecule has 108 valence electrons. The number of pyridine rings is 1. The lowest BCUT2D eigenvalue weighted by Crippen LogP contribution is -2.40. The predicted octanol–water partition coefficient (Wildman–Crippen LogP) is 2.34. The van der Waals surface area contributed by atoms with Crippen molar-refractivity contribution in [3.63, 3.8) is 0 Å². The van der Waals surface area contributed by atoms with E-state index in [4.69, 9.17) is 16.3 Å². The summed E-state index contributed by atoms with van der Waals surface area (Å²) in [6, 6.07) is 3.22. The zero-order chi connectivity index (χ0) is 14.5. The van der Waals surface area contributed by atoms with Crippen molar-refractivity contribution in [3.05, 3.63) is 29.0 Å². The van der Waals surface area contributed by atoms with Crippen LogP contribution in [-0.2, 0) is 9.53 Å². The van der Waals surface area contributed by atoms with E-state index in [0.717, 1.165) is 25.7 Å². The maximum Gasteiger partial charge on any atom is 0.340 e. The highest BCUT2D eigenvalue weighted by atomic mass is 35.5. The van der Waals surface area contributed by atoms with Crippen molar-refractivity contribution < 1.29 is 14.3 Å². The molecule has 20 heavy (non-hydrogen) atoms. The summed E-state index contributed by atoms with van der Waals surface area (Å²) in [4.78, 5) is 27.5. The minimum absolute atomic E-state index is 0.209. The van der Waals surface area contributed by atoms with E-state index in [9.17, 15) is 9.59 Å². The van der Waals surface area contributed by atoms with Gasteiger partial charge in [-0.3, -0.25) is 4.79 Å². The van der Waals surface area contributed by atoms with Gasteiger partial charge in [-0.05, 0) is 31.9 Å². The van der Waals surface area contributed by atoms with Crippen LogP contribution < -0.4 is 5.32 Å². The highest BCUT2D eigenvalue weighted by Crippen LogP contribution is 2.18. The number of carbonyl (C=O) groups is 2. The molecule has 0 radical (unpaired) electrons. The van der Waals surface area contributed by atoms with Crippen LogP contribution in [0.1, 0.15) is 43.0 Å². The number of hydrogen-bond acceptors (Lipinski definition) is 4. The fourth-order valence-corrected chi connectivity index (χ4v) is 2.28. The molecule has 2 rings (SSSR count). The molecule has 1 fully saturated rings. The monoisotopic (exact) mass is 296 g/mol. The zero-order valence-electron chi connectivity index (χ0n) is 11.3. The van der Waals surface area contributed by atoms with Gasteiger partial charge >= 0.3 is 5.97 Å². The van der Waals surface area contributed by atoms with Crippen LogP contribution in [0.3, 0.4) is 0 Å². The van der Waals surface area contributed by atoms with E-state index in [0.29, 0.717) is 5.15 Å². The Hall–Kier alpha value is -1.62. The van der Waals surface area contributed by atoms with E-state index in [-0.39, 0.29) is 17.5 Å². The number of rotatable bonds is 4. The molecule has 0 unspecified atom stereocenters. The Balaban J connectivity index is 1.86. The lowest BCUT2D eigenvalue weighted by molar-refractivity contribution is -0.129. The molecule has 1 heterocycles. The fourth-order valence-electron chi connectivity index (χ4n) is 2.17.